The first kappa shape index (κ1) is 18.8. The molecule has 2 heterocycles. The van der Waals surface area contributed by atoms with Crippen LogP contribution in [0.2, 0.25) is 0 Å². The van der Waals surface area contributed by atoms with Gasteiger partial charge in [-0.1, -0.05) is 34.1 Å². The second-order valence-electron chi connectivity index (χ2n) is 7.30. The van der Waals surface area contributed by atoms with Crippen LogP contribution >= 0.6 is 15.9 Å². The van der Waals surface area contributed by atoms with Crippen LogP contribution in [0.1, 0.15) is 24.8 Å². The minimum absolute atomic E-state index is 0.274. The summed E-state index contributed by atoms with van der Waals surface area (Å²) in [5, 5.41) is 0. The highest BCUT2D eigenvalue weighted by Crippen LogP contribution is 2.49. The maximum absolute atomic E-state index is 13.2. The molecule has 0 spiro atoms. The number of ether oxygens (including phenoxy) is 2. The summed E-state index contributed by atoms with van der Waals surface area (Å²) < 4.78 is 12.9. The second-order valence-corrected chi connectivity index (χ2v) is 8.21. The van der Waals surface area contributed by atoms with E-state index in [0.717, 1.165) is 10.0 Å². The van der Waals surface area contributed by atoms with Gasteiger partial charge in [0.2, 0.25) is 11.8 Å². The molecular weight excluding hydrogens is 424 g/mol. The van der Waals surface area contributed by atoms with Crippen LogP contribution in [0.3, 0.4) is 0 Å². The molecule has 146 valence electrons. The number of benzene rings is 2. The fourth-order valence-corrected chi connectivity index (χ4v) is 4.43. The molecule has 2 aliphatic rings. The van der Waals surface area contributed by atoms with Crippen LogP contribution in [0.4, 0.5) is 0 Å². The Bertz CT molecular complexity index is 917. The summed E-state index contributed by atoms with van der Waals surface area (Å²) in [6.45, 7) is 2.46. The minimum atomic E-state index is -0.897. The molecule has 2 amide bonds. The molecule has 2 aliphatic heterocycles. The van der Waals surface area contributed by atoms with E-state index in [9.17, 15) is 9.59 Å². The second kappa shape index (κ2) is 7.13. The SMILES string of the molecule is C[C@@]12C[C@@H](c3ccccc3O1)[C@@H](C(N)=O)C(=O)N2CCOc1ccc(Br)cc1. The average Bonchev–Trinajstić information content (AvgIpc) is 2.65. The van der Waals surface area contributed by atoms with Crippen molar-refractivity contribution in [1.82, 2.24) is 4.90 Å². The average molecular weight is 445 g/mol. The number of para-hydroxylation sites is 1. The minimum Gasteiger partial charge on any atom is -0.492 e. The topological polar surface area (TPSA) is 81.9 Å². The first-order valence-corrected chi connectivity index (χ1v) is 9.95. The van der Waals surface area contributed by atoms with Gasteiger partial charge in [-0.15, -0.1) is 0 Å². The van der Waals surface area contributed by atoms with Crippen molar-refractivity contribution in [2.24, 2.45) is 11.7 Å². The quantitative estimate of drug-likeness (QED) is 0.718. The Kier molecular flexibility index (Phi) is 4.79. The van der Waals surface area contributed by atoms with Crippen molar-refractivity contribution < 1.29 is 19.1 Å². The first-order valence-electron chi connectivity index (χ1n) is 9.16. The zero-order valence-corrected chi connectivity index (χ0v) is 17.0. The molecule has 2 bridgehead atoms. The maximum Gasteiger partial charge on any atom is 0.238 e. The summed E-state index contributed by atoms with van der Waals surface area (Å²) in [4.78, 5) is 26.9. The van der Waals surface area contributed by atoms with Gasteiger partial charge in [-0.05, 0) is 42.8 Å². The van der Waals surface area contributed by atoms with Crippen LogP contribution in [0.25, 0.3) is 0 Å². The van der Waals surface area contributed by atoms with E-state index < -0.39 is 17.6 Å². The molecule has 0 unspecified atom stereocenters. The molecule has 0 aliphatic carbocycles. The lowest BCUT2D eigenvalue weighted by atomic mass is 9.73. The number of likely N-dealkylation sites (tertiary alicyclic amines) is 1. The van der Waals surface area contributed by atoms with E-state index in [0.29, 0.717) is 24.5 Å². The number of primary amides is 1. The van der Waals surface area contributed by atoms with Gasteiger partial charge in [-0.3, -0.25) is 9.59 Å². The highest BCUT2D eigenvalue weighted by atomic mass is 79.9. The van der Waals surface area contributed by atoms with Gasteiger partial charge in [0.25, 0.3) is 0 Å². The number of carbonyl (C=O) groups excluding carboxylic acids is 2. The normalized spacial score (nSPS) is 25.6. The van der Waals surface area contributed by atoms with Crippen molar-refractivity contribution >= 4 is 27.7 Å². The molecule has 1 saturated heterocycles. The number of hydrogen-bond acceptors (Lipinski definition) is 4. The molecule has 3 atom stereocenters. The number of nitrogens with two attached hydrogens (primary N) is 1. The van der Waals surface area contributed by atoms with E-state index in [-0.39, 0.29) is 18.4 Å². The van der Waals surface area contributed by atoms with E-state index in [1.54, 1.807) is 4.90 Å². The van der Waals surface area contributed by atoms with Crippen LogP contribution < -0.4 is 15.2 Å². The Morgan fingerprint density at radius 1 is 1.29 bits per heavy atom. The fraction of sp³-hybridized carbons (Fsp3) is 0.333. The molecule has 6 nitrogen and oxygen atoms in total. The zero-order valence-electron chi connectivity index (χ0n) is 15.4. The van der Waals surface area contributed by atoms with Crippen LogP contribution in [-0.4, -0.2) is 35.6 Å². The number of rotatable bonds is 5. The van der Waals surface area contributed by atoms with Crippen molar-refractivity contribution in [2.75, 3.05) is 13.2 Å². The highest BCUT2D eigenvalue weighted by Gasteiger charge is 2.55. The Balaban J connectivity index is 1.58. The zero-order chi connectivity index (χ0) is 19.9. The number of piperidine rings is 1. The third-order valence-electron chi connectivity index (χ3n) is 5.46. The van der Waals surface area contributed by atoms with Gasteiger partial charge in [-0.25, -0.2) is 0 Å². The predicted octanol–water partition coefficient (Wildman–Crippen LogP) is 3.05. The first-order chi connectivity index (χ1) is 13.4. The van der Waals surface area contributed by atoms with Crippen molar-refractivity contribution in [3.05, 3.63) is 58.6 Å². The number of fused-ring (bicyclic) bond motifs is 4. The number of amides is 2. The smallest absolute Gasteiger partial charge is 0.238 e. The van der Waals surface area contributed by atoms with Crippen LogP contribution in [0, 0.1) is 5.92 Å². The van der Waals surface area contributed by atoms with Crippen molar-refractivity contribution in [1.29, 1.82) is 0 Å². The standard InChI is InChI=1S/C21H21BrN2O4/c1-21-12-16(15-4-2-3-5-17(15)28-21)18(19(23)25)20(26)24(21)10-11-27-14-8-6-13(22)7-9-14/h2-9,16,18H,10-12H2,1H3,(H2,23,25)/t16-,18-,21-/m0/s1. The van der Waals surface area contributed by atoms with E-state index in [1.807, 2.05) is 55.5 Å². The molecule has 4 rings (SSSR count). The maximum atomic E-state index is 13.2. The Hall–Kier alpha value is -2.54. The summed E-state index contributed by atoms with van der Waals surface area (Å²) in [7, 11) is 0. The molecule has 0 saturated carbocycles. The largest absolute Gasteiger partial charge is 0.492 e. The molecule has 0 radical (unpaired) electrons. The third kappa shape index (κ3) is 3.24. The van der Waals surface area contributed by atoms with Gasteiger partial charge < -0.3 is 20.1 Å². The van der Waals surface area contributed by atoms with Gasteiger partial charge in [-0.2, -0.15) is 0 Å². The number of halogens is 1. The Labute approximate surface area is 171 Å². The lowest BCUT2D eigenvalue weighted by molar-refractivity contribution is -0.176. The number of hydrogen-bond donors (Lipinski definition) is 1. The van der Waals surface area contributed by atoms with Gasteiger partial charge in [0.05, 0.1) is 6.54 Å². The molecule has 0 aromatic heterocycles. The summed E-state index contributed by atoms with van der Waals surface area (Å²) in [5.41, 5.74) is 5.65. The van der Waals surface area contributed by atoms with Crippen molar-refractivity contribution in [2.45, 2.75) is 25.0 Å². The van der Waals surface area contributed by atoms with Crippen LogP contribution in [-0.2, 0) is 9.59 Å². The molecule has 2 aromatic carbocycles. The Morgan fingerprint density at radius 3 is 2.71 bits per heavy atom. The predicted molar refractivity (Wildman–Crippen MR) is 107 cm³/mol. The molecule has 7 heteroatoms. The fourth-order valence-electron chi connectivity index (χ4n) is 4.16. The molecule has 28 heavy (non-hydrogen) atoms. The van der Waals surface area contributed by atoms with Gasteiger partial charge >= 0.3 is 0 Å². The monoisotopic (exact) mass is 444 g/mol. The molecule has 2 aromatic rings. The van der Waals surface area contributed by atoms with Crippen LogP contribution in [0.5, 0.6) is 11.5 Å². The summed E-state index contributed by atoms with van der Waals surface area (Å²) in [6.07, 6.45) is 0.516. The molecular formula is C21H21BrN2O4. The summed E-state index contributed by atoms with van der Waals surface area (Å²) in [5.74, 6) is -0.682. The number of carbonyl (C=O) groups is 2. The van der Waals surface area contributed by atoms with Gasteiger partial charge in [0, 0.05) is 16.8 Å². The van der Waals surface area contributed by atoms with Gasteiger partial charge in [0.1, 0.15) is 24.0 Å². The number of nitrogens with zero attached hydrogens (tertiary/aromatic N) is 1. The molecule has 1 fully saturated rings. The summed E-state index contributed by atoms with van der Waals surface area (Å²) >= 11 is 3.38. The van der Waals surface area contributed by atoms with E-state index in [2.05, 4.69) is 15.9 Å². The lowest BCUT2D eigenvalue weighted by Crippen LogP contribution is -2.65. The van der Waals surface area contributed by atoms with Gasteiger partial charge in [0.15, 0.2) is 5.72 Å². The van der Waals surface area contributed by atoms with Crippen molar-refractivity contribution in [3.63, 3.8) is 0 Å². The third-order valence-corrected chi connectivity index (χ3v) is 5.98. The van der Waals surface area contributed by atoms with E-state index in [1.165, 1.54) is 0 Å². The highest BCUT2D eigenvalue weighted by molar-refractivity contribution is 9.10. The lowest BCUT2D eigenvalue weighted by Gasteiger charge is -2.52. The van der Waals surface area contributed by atoms with E-state index in [4.69, 9.17) is 15.2 Å². The van der Waals surface area contributed by atoms with E-state index >= 15 is 0 Å². The van der Waals surface area contributed by atoms with Crippen molar-refractivity contribution in [3.8, 4) is 11.5 Å². The summed E-state index contributed by atoms with van der Waals surface area (Å²) in [6, 6.07) is 15.0. The van der Waals surface area contributed by atoms with Crippen LogP contribution in [0.15, 0.2) is 53.0 Å². The molecule has 2 N–H and O–H groups in total. The Morgan fingerprint density at radius 2 is 2.00 bits per heavy atom.